The fourth-order valence-corrected chi connectivity index (χ4v) is 1.32. The lowest BCUT2D eigenvalue weighted by Crippen LogP contribution is -2.19. The second-order valence-corrected chi connectivity index (χ2v) is 3.58. The van der Waals surface area contributed by atoms with Crippen molar-refractivity contribution in [3.05, 3.63) is 35.7 Å². The molecule has 0 atom stereocenters. The first-order valence-electron chi connectivity index (χ1n) is 5.21. The molecule has 0 amide bonds. The van der Waals surface area contributed by atoms with E-state index < -0.39 is 17.5 Å². The predicted molar refractivity (Wildman–Crippen MR) is 66.4 cm³/mol. The number of hydrogen-bond acceptors (Lipinski definition) is 7. The van der Waals surface area contributed by atoms with Gasteiger partial charge in [0.25, 0.3) is 0 Å². The van der Waals surface area contributed by atoms with Gasteiger partial charge in [-0.15, -0.1) is 0 Å². The molecule has 2 aromatic rings. The van der Waals surface area contributed by atoms with E-state index in [9.17, 15) is 8.78 Å². The highest BCUT2D eigenvalue weighted by Gasteiger charge is 2.11. The van der Waals surface area contributed by atoms with Crippen molar-refractivity contribution in [2.45, 2.75) is 0 Å². The normalized spacial score (nSPS) is 11.4. The number of aromatic nitrogens is 3. The van der Waals surface area contributed by atoms with E-state index in [-0.39, 0.29) is 23.4 Å². The molecule has 0 aliphatic heterocycles. The summed E-state index contributed by atoms with van der Waals surface area (Å²) >= 11 is 0. The van der Waals surface area contributed by atoms with Crippen molar-refractivity contribution < 1.29 is 14.0 Å². The zero-order valence-electron chi connectivity index (χ0n) is 9.88. The van der Waals surface area contributed by atoms with Gasteiger partial charge in [-0.2, -0.15) is 15.0 Å². The quantitative estimate of drug-likeness (QED) is 0.279. The Morgan fingerprint density at radius 2 is 2.00 bits per heavy atom. The van der Waals surface area contributed by atoms with Gasteiger partial charge >= 0.3 is 0 Å². The summed E-state index contributed by atoms with van der Waals surface area (Å²) in [4.78, 5) is 11.1. The highest BCUT2D eigenvalue weighted by Crippen LogP contribution is 2.19. The van der Waals surface area contributed by atoms with Crippen molar-refractivity contribution in [1.82, 2.24) is 15.0 Å². The Hall–Kier alpha value is -3.04. The average Bonchev–Trinajstić information content (AvgIpc) is 2.41. The molecule has 1 heterocycles. The van der Waals surface area contributed by atoms with Crippen LogP contribution in [0.15, 0.2) is 23.4 Å². The monoisotopic (exact) mass is 281 g/mol. The summed E-state index contributed by atoms with van der Waals surface area (Å²) < 4.78 is 26.5. The Bertz CT molecular complexity index is 677. The van der Waals surface area contributed by atoms with Crippen LogP contribution in [0.25, 0.3) is 0 Å². The van der Waals surface area contributed by atoms with Crippen molar-refractivity contribution >= 4 is 23.4 Å². The van der Waals surface area contributed by atoms with E-state index in [0.29, 0.717) is 0 Å². The lowest BCUT2D eigenvalue weighted by Gasteiger charge is -2.07. The van der Waals surface area contributed by atoms with Gasteiger partial charge < -0.3 is 22.0 Å². The first-order valence-corrected chi connectivity index (χ1v) is 5.21. The number of nitrogens with one attached hydrogen (secondary N) is 1. The molecule has 0 aliphatic rings. The average molecular weight is 281 g/mol. The van der Waals surface area contributed by atoms with E-state index in [4.69, 9.17) is 16.7 Å². The first kappa shape index (κ1) is 13.4. The molecule has 0 spiro atoms. The predicted octanol–water partition coefficient (Wildman–Crippen LogP) is 0.570. The lowest BCUT2D eigenvalue weighted by atomic mass is 10.3. The Labute approximate surface area is 111 Å². The molecule has 2 rings (SSSR count). The molecule has 0 aliphatic carbocycles. The largest absolute Gasteiger partial charge is 0.409 e. The molecule has 0 saturated heterocycles. The van der Waals surface area contributed by atoms with Gasteiger partial charge in [-0.05, 0) is 12.1 Å². The zero-order chi connectivity index (χ0) is 14.7. The third-order valence-electron chi connectivity index (χ3n) is 2.16. The maximum Gasteiger partial charge on any atom is 0.232 e. The van der Waals surface area contributed by atoms with E-state index in [1.54, 1.807) is 0 Å². The zero-order valence-corrected chi connectivity index (χ0v) is 9.88. The summed E-state index contributed by atoms with van der Waals surface area (Å²) in [6.45, 7) is 0. The Morgan fingerprint density at radius 1 is 1.25 bits per heavy atom. The number of amidine groups is 1. The van der Waals surface area contributed by atoms with Gasteiger partial charge in [-0.1, -0.05) is 5.16 Å². The second kappa shape index (κ2) is 5.30. The molecule has 8 nitrogen and oxygen atoms in total. The summed E-state index contributed by atoms with van der Waals surface area (Å²) in [7, 11) is 0. The van der Waals surface area contributed by atoms with Gasteiger partial charge in [0.2, 0.25) is 23.6 Å². The van der Waals surface area contributed by atoms with Gasteiger partial charge in [0.1, 0.15) is 11.6 Å². The van der Waals surface area contributed by atoms with E-state index in [1.807, 2.05) is 0 Å². The van der Waals surface area contributed by atoms with Gasteiger partial charge in [0.05, 0.1) is 5.69 Å². The minimum Gasteiger partial charge on any atom is -0.409 e. The Kier molecular flexibility index (Phi) is 3.55. The number of nitrogens with two attached hydrogens (primary N) is 2. The summed E-state index contributed by atoms with van der Waals surface area (Å²) in [6, 6.07) is 2.81. The van der Waals surface area contributed by atoms with Gasteiger partial charge in [0, 0.05) is 6.07 Å². The Balaban J connectivity index is 2.38. The van der Waals surface area contributed by atoms with E-state index in [0.717, 1.165) is 18.2 Å². The molecule has 104 valence electrons. The van der Waals surface area contributed by atoms with Crippen LogP contribution in [0.2, 0.25) is 0 Å². The molecule has 0 saturated carbocycles. The van der Waals surface area contributed by atoms with Crippen molar-refractivity contribution in [2.75, 3.05) is 11.1 Å². The van der Waals surface area contributed by atoms with Crippen molar-refractivity contribution in [2.24, 2.45) is 10.9 Å². The maximum absolute atomic E-state index is 13.5. The van der Waals surface area contributed by atoms with Gasteiger partial charge in [-0.3, -0.25) is 0 Å². The summed E-state index contributed by atoms with van der Waals surface area (Å²) in [5.41, 5.74) is 10.5. The topological polar surface area (TPSA) is 135 Å². The first-order chi connectivity index (χ1) is 9.49. The highest BCUT2D eigenvalue weighted by molar-refractivity contribution is 5.93. The molecule has 0 unspecified atom stereocenters. The molecule has 10 heteroatoms. The van der Waals surface area contributed by atoms with E-state index in [1.165, 1.54) is 0 Å². The summed E-state index contributed by atoms with van der Waals surface area (Å²) in [6.07, 6.45) is 0. The number of nitrogen functional groups attached to an aromatic ring is 1. The molecule has 1 aromatic heterocycles. The van der Waals surface area contributed by atoms with E-state index >= 15 is 0 Å². The van der Waals surface area contributed by atoms with Crippen LogP contribution in [-0.4, -0.2) is 26.0 Å². The van der Waals surface area contributed by atoms with Crippen molar-refractivity contribution in [3.8, 4) is 0 Å². The number of hydrogen-bond donors (Lipinski definition) is 4. The molecular weight excluding hydrogens is 272 g/mol. The summed E-state index contributed by atoms with van der Waals surface area (Å²) in [5.74, 6) is -2.38. The van der Waals surface area contributed by atoms with Crippen LogP contribution >= 0.6 is 0 Å². The van der Waals surface area contributed by atoms with Crippen molar-refractivity contribution in [3.63, 3.8) is 0 Å². The molecule has 0 fully saturated rings. The minimum absolute atomic E-state index is 0.177. The number of oxime groups is 1. The standard InChI is InChI=1S/C10H9F2N7O/c11-4-1-2-5(12)6(3-4)15-10-17-8(7(13)19-20)16-9(14)18-10/h1-3,20H,(H2,13,19)(H3,14,15,16,17,18). The van der Waals surface area contributed by atoms with Crippen LogP contribution in [0.4, 0.5) is 26.4 Å². The van der Waals surface area contributed by atoms with Crippen molar-refractivity contribution in [1.29, 1.82) is 0 Å². The fraction of sp³-hybridized carbons (Fsp3) is 0. The number of nitrogens with zero attached hydrogens (tertiary/aromatic N) is 4. The van der Waals surface area contributed by atoms with Crippen LogP contribution in [0.3, 0.4) is 0 Å². The van der Waals surface area contributed by atoms with Crippen LogP contribution in [0, 0.1) is 11.6 Å². The number of rotatable bonds is 3. The smallest absolute Gasteiger partial charge is 0.232 e. The maximum atomic E-state index is 13.5. The lowest BCUT2D eigenvalue weighted by molar-refractivity contribution is 0.318. The highest BCUT2D eigenvalue weighted by atomic mass is 19.1. The minimum atomic E-state index is -0.712. The molecule has 0 radical (unpaired) electrons. The molecule has 20 heavy (non-hydrogen) atoms. The van der Waals surface area contributed by atoms with Crippen LogP contribution < -0.4 is 16.8 Å². The van der Waals surface area contributed by atoms with Gasteiger partial charge in [0.15, 0.2) is 0 Å². The molecule has 6 N–H and O–H groups in total. The summed E-state index contributed by atoms with van der Waals surface area (Å²) in [5, 5.41) is 13.7. The Morgan fingerprint density at radius 3 is 2.70 bits per heavy atom. The molecule has 1 aromatic carbocycles. The molecular formula is C10H9F2N7O. The van der Waals surface area contributed by atoms with Gasteiger partial charge in [-0.25, -0.2) is 8.78 Å². The van der Waals surface area contributed by atoms with Crippen LogP contribution in [-0.2, 0) is 0 Å². The molecule has 0 bridgehead atoms. The third-order valence-corrected chi connectivity index (χ3v) is 2.16. The number of anilines is 3. The number of benzene rings is 1. The second-order valence-electron chi connectivity index (χ2n) is 3.58. The fourth-order valence-electron chi connectivity index (χ4n) is 1.32. The van der Waals surface area contributed by atoms with E-state index in [2.05, 4.69) is 25.4 Å². The van der Waals surface area contributed by atoms with Crippen LogP contribution in [0.1, 0.15) is 5.82 Å². The number of halogens is 2. The third kappa shape index (κ3) is 2.85. The van der Waals surface area contributed by atoms with Crippen LogP contribution in [0.5, 0.6) is 0 Å². The SMILES string of the molecule is NC(=NO)c1nc(N)nc(Nc2cc(F)ccc2F)n1.